The van der Waals surface area contributed by atoms with Crippen LogP contribution in [0.5, 0.6) is 5.75 Å². The average molecular weight is 417 g/mol. The number of aryl methyl sites for hydroxylation is 1. The maximum absolute atomic E-state index is 12.9. The van der Waals surface area contributed by atoms with Crippen LogP contribution in [-0.4, -0.2) is 28.4 Å². The van der Waals surface area contributed by atoms with Gasteiger partial charge in [0.1, 0.15) is 5.75 Å². The Morgan fingerprint density at radius 3 is 2.83 bits per heavy atom. The maximum atomic E-state index is 12.9. The second kappa shape index (κ2) is 7.11. The SMILES string of the molecule is Cc1nc2cc(N3CC(C(=O)Nc4cccc5c(O)cccc45)CC3=O)ccc2s1. The highest BCUT2D eigenvalue weighted by Gasteiger charge is 2.35. The molecule has 2 heterocycles. The summed E-state index contributed by atoms with van der Waals surface area (Å²) in [4.78, 5) is 31.7. The van der Waals surface area contributed by atoms with E-state index in [0.29, 0.717) is 17.6 Å². The fourth-order valence-corrected chi connectivity index (χ4v) is 4.78. The van der Waals surface area contributed by atoms with Crippen molar-refractivity contribution in [3.63, 3.8) is 0 Å². The molecule has 30 heavy (non-hydrogen) atoms. The van der Waals surface area contributed by atoms with Crippen LogP contribution in [0.4, 0.5) is 11.4 Å². The molecule has 5 rings (SSSR count). The van der Waals surface area contributed by atoms with Gasteiger partial charge in [-0.1, -0.05) is 24.3 Å². The summed E-state index contributed by atoms with van der Waals surface area (Å²) < 4.78 is 1.08. The van der Waals surface area contributed by atoms with Crippen molar-refractivity contribution in [1.82, 2.24) is 4.98 Å². The smallest absolute Gasteiger partial charge is 0.229 e. The van der Waals surface area contributed by atoms with E-state index in [1.165, 1.54) is 0 Å². The van der Waals surface area contributed by atoms with E-state index in [1.807, 2.05) is 31.2 Å². The molecular formula is C23H19N3O3S. The highest BCUT2D eigenvalue weighted by atomic mass is 32.1. The standard InChI is InChI=1S/C23H19N3O3S/c1-13-24-19-11-15(8-9-21(19)30-13)26-12-14(10-22(26)28)23(29)25-18-6-2-5-17-16(18)4-3-7-20(17)27/h2-9,11,14,27H,10,12H2,1H3,(H,25,29). The number of benzene rings is 3. The van der Waals surface area contributed by atoms with Gasteiger partial charge >= 0.3 is 0 Å². The Balaban J connectivity index is 1.37. The summed E-state index contributed by atoms with van der Waals surface area (Å²) in [6.45, 7) is 2.29. The number of aromatic hydroxyl groups is 1. The Hall–Kier alpha value is -3.45. The van der Waals surface area contributed by atoms with Crippen molar-refractivity contribution in [2.45, 2.75) is 13.3 Å². The molecule has 2 amide bonds. The van der Waals surface area contributed by atoms with E-state index in [9.17, 15) is 14.7 Å². The Bertz CT molecular complexity index is 1310. The number of rotatable bonds is 3. The van der Waals surface area contributed by atoms with Gasteiger partial charge in [0.25, 0.3) is 0 Å². The minimum atomic E-state index is -0.446. The van der Waals surface area contributed by atoms with Gasteiger partial charge in [-0.2, -0.15) is 0 Å². The van der Waals surface area contributed by atoms with Crippen LogP contribution < -0.4 is 10.2 Å². The summed E-state index contributed by atoms with van der Waals surface area (Å²) in [6, 6.07) is 16.4. The van der Waals surface area contributed by atoms with Gasteiger partial charge in [0.05, 0.1) is 21.1 Å². The van der Waals surface area contributed by atoms with Gasteiger partial charge in [-0.25, -0.2) is 4.98 Å². The minimum absolute atomic E-state index is 0.0722. The van der Waals surface area contributed by atoms with Crippen LogP contribution in [0.25, 0.3) is 21.0 Å². The molecular weight excluding hydrogens is 398 g/mol. The number of hydrogen-bond donors (Lipinski definition) is 2. The molecule has 0 bridgehead atoms. The first-order valence-electron chi connectivity index (χ1n) is 9.69. The molecule has 1 fully saturated rings. The lowest BCUT2D eigenvalue weighted by atomic mass is 10.1. The molecule has 1 aromatic heterocycles. The molecule has 1 unspecified atom stereocenters. The number of carbonyl (C=O) groups is 2. The number of phenolic OH excluding ortho intramolecular Hbond substituents is 1. The molecule has 6 nitrogen and oxygen atoms in total. The summed E-state index contributed by atoms with van der Waals surface area (Å²) >= 11 is 1.62. The monoisotopic (exact) mass is 417 g/mol. The van der Waals surface area contributed by atoms with Crippen LogP contribution >= 0.6 is 11.3 Å². The number of thiazole rings is 1. The van der Waals surface area contributed by atoms with Gasteiger partial charge in [-0.15, -0.1) is 11.3 Å². The zero-order chi connectivity index (χ0) is 20.8. The van der Waals surface area contributed by atoms with Crippen molar-refractivity contribution in [1.29, 1.82) is 0 Å². The Morgan fingerprint density at radius 2 is 1.97 bits per heavy atom. The van der Waals surface area contributed by atoms with Gasteiger partial charge in [0, 0.05) is 35.1 Å². The summed E-state index contributed by atoms with van der Waals surface area (Å²) in [5, 5.41) is 15.4. The van der Waals surface area contributed by atoms with Crippen LogP contribution in [0.15, 0.2) is 54.6 Å². The Morgan fingerprint density at radius 1 is 1.17 bits per heavy atom. The van der Waals surface area contributed by atoms with E-state index in [1.54, 1.807) is 46.6 Å². The molecule has 0 spiro atoms. The van der Waals surface area contributed by atoms with Crippen molar-refractivity contribution >= 4 is 55.5 Å². The number of aromatic nitrogens is 1. The molecule has 0 aliphatic carbocycles. The number of fused-ring (bicyclic) bond motifs is 2. The summed E-state index contributed by atoms with van der Waals surface area (Å²) in [6.07, 6.45) is 0.163. The number of phenols is 1. The second-order valence-corrected chi connectivity index (χ2v) is 8.69. The van der Waals surface area contributed by atoms with Crippen LogP contribution in [0.3, 0.4) is 0 Å². The predicted molar refractivity (Wildman–Crippen MR) is 119 cm³/mol. The second-order valence-electron chi connectivity index (χ2n) is 7.46. The van der Waals surface area contributed by atoms with Crippen LogP contribution in [0, 0.1) is 12.8 Å². The van der Waals surface area contributed by atoms with Gasteiger partial charge in [0.2, 0.25) is 11.8 Å². The third-order valence-corrected chi connectivity index (χ3v) is 6.39. The molecule has 4 aromatic rings. The largest absolute Gasteiger partial charge is 0.507 e. The third-order valence-electron chi connectivity index (χ3n) is 5.44. The van der Waals surface area contributed by atoms with E-state index in [0.717, 1.165) is 26.3 Å². The van der Waals surface area contributed by atoms with Gasteiger partial charge in [-0.05, 0) is 37.3 Å². The molecule has 1 saturated heterocycles. The maximum Gasteiger partial charge on any atom is 0.229 e. The zero-order valence-corrected chi connectivity index (χ0v) is 17.1. The molecule has 7 heteroatoms. The van der Waals surface area contributed by atoms with E-state index in [2.05, 4.69) is 10.3 Å². The lowest BCUT2D eigenvalue weighted by Gasteiger charge is -2.17. The Labute approximate surface area is 176 Å². The number of carbonyl (C=O) groups excluding carboxylic acids is 2. The summed E-state index contributed by atoms with van der Waals surface area (Å²) in [7, 11) is 0. The number of hydrogen-bond acceptors (Lipinski definition) is 5. The number of nitrogens with one attached hydrogen (secondary N) is 1. The van der Waals surface area contributed by atoms with Crippen molar-refractivity contribution in [3.8, 4) is 5.75 Å². The predicted octanol–water partition coefficient (Wildman–Crippen LogP) is 4.46. The summed E-state index contributed by atoms with van der Waals surface area (Å²) in [5.41, 5.74) is 2.26. The number of anilines is 2. The molecule has 0 radical (unpaired) electrons. The van der Waals surface area contributed by atoms with Crippen molar-refractivity contribution in [2.24, 2.45) is 5.92 Å². The quantitative estimate of drug-likeness (QED) is 0.516. The first-order valence-corrected chi connectivity index (χ1v) is 10.5. The molecule has 0 saturated carbocycles. The lowest BCUT2D eigenvalue weighted by Crippen LogP contribution is -2.28. The first-order chi connectivity index (χ1) is 14.5. The number of amides is 2. The third kappa shape index (κ3) is 3.17. The molecule has 1 aliphatic rings. The van der Waals surface area contributed by atoms with Crippen LogP contribution in [-0.2, 0) is 9.59 Å². The van der Waals surface area contributed by atoms with Gasteiger partial charge in [-0.3, -0.25) is 9.59 Å². The molecule has 1 aliphatic heterocycles. The molecule has 150 valence electrons. The fourth-order valence-electron chi connectivity index (χ4n) is 3.97. The van der Waals surface area contributed by atoms with Gasteiger partial charge in [0.15, 0.2) is 0 Å². The fraction of sp³-hybridized carbons (Fsp3) is 0.174. The first kappa shape index (κ1) is 18.6. The van der Waals surface area contributed by atoms with Crippen molar-refractivity contribution < 1.29 is 14.7 Å². The van der Waals surface area contributed by atoms with E-state index in [4.69, 9.17) is 0 Å². The summed E-state index contributed by atoms with van der Waals surface area (Å²) in [5.74, 6) is -0.555. The van der Waals surface area contributed by atoms with Gasteiger partial charge < -0.3 is 15.3 Å². The highest BCUT2D eigenvalue weighted by Crippen LogP contribution is 2.32. The van der Waals surface area contributed by atoms with Crippen LogP contribution in [0.1, 0.15) is 11.4 Å². The molecule has 3 aromatic carbocycles. The van der Waals surface area contributed by atoms with Crippen molar-refractivity contribution in [3.05, 3.63) is 59.6 Å². The average Bonchev–Trinajstić information content (AvgIpc) is 3.30. The van der Waals surface area contributed by atoms with E-state index >= 15 is 0 Å². The Kier molecular flexibility index (Phi) is 4.40. The highest BCUT2D eigenvalue weighted by molar-refractivity contribution is 7.18. The van der Waals surface area contributed by atoms with Crippen LogP contribution in [0.2, 0.25) is 0 Å². The van der Waals surface area contributed by atoms with Crippen molar-refractivity contribution in [2.75, 3.05) is 16.8 Å². The normalized spacial score (nSPS) is 16.5. The minimum Gasteiger partial charge on any atom is -0.507 e. The lowest BCUT2D eigenvalue weighted by molar-refractivity contribution is -0.122. The zero-order valence-electron chi connectivity index (χ0n) is 16.3. The molecule has 2 N–H and O–H groups in total. The number of nitrogens with zero attached hydrogens (tertiary/aromatic N) is 2. The van der Waals surface area contributed by atoms with E-state index in [-0.39, 0.29) is 24.0 Å². The van der Waals surface area contributed by atoms with E-state index < -0.39 is 5.92 Å². The molecule has 1 atom stereocenters. The topological polar surface area (TPSA) is 82.5 Å².